The minimum atomic E-state index is -5.00. The molecule has 1 amide bonds. The Balaban J connectivity index is 1.55. The summed E-state index contributed by atoms with van der Waals surface area (Å²) in [4.78, 5) is 18.1. The number of alkyl halides is 6. The monoisotopic (exact) mass is 673 g/mol. The Morgan fingerprint density at radius 2 is 1.65 bits per heavy atom. The number of aliphatic imine (C=N–C) groups is 1. The largest absolute Gasteiger partial charge is 0.494 e. The molecule has 3 aromatic rings. The molecule has 7 nitrogen and oxygen atoms in total. The number of aliphatic hydroxyl groups is 1. The van der Waals surface area contributed by atoms with Crippen molar-refractivity contribution >= 4 is 27.7 Å². The van der Waals surface area contributed by atoms with Gasteiger partial charge in [-0.25, -0.2) is 10.4 Å². The van der Waals surface area contributed by atoms with Crippen LogP contribution >= 0.6 is 15.9 Å². The average Bonchev–Trinajstić information content (AvgIpc) is 3.39. The zero-order valence-corrected chi connectivity index (χ0v) is 23.9. The number of amides is 1. The third-order valence-electron chi connectivity index (χ3n) is 6.44. The van der Waals surface area contributed by atoms with Crippen LogP contribution in [0.15, 0.2) is 76.2 Å². The fraction of sp³-hybridized carbons (Fsp3) is 0.310. The van der Waals surface area contributed by atoms with E-state index in [0.29, 0.717) is 46.5 Å². The van der Waals surface area contributed by atoms with Crippen molar-refractivity contribution in [2.24, 2.45) is 4.99 Å². The number of halogens is 7. The summed E-state index contributed by atoms with van der Waals surface area (Å²) in [5.41, 5.74) is 1.31. The minimum Gasteiger partial charge on any atom is -0.494 e. The van der Waals surface area contributed by atoms with E-state index in [1.165, 1.54) is 0 Å². The summed E-state index contributed by atoms with van der Waals surface area (Å²) in [6.07, 6.45) is -9.46. The zero-order valence-electron chi connectivity index (χ0n) is 22.4. The molecule has 230 valence electrons. The Kier molecular flexibility index (Phi) is 10.0. The predicted octanol–water partition coefficient (Wildman–Crippen LogP) is 5.83. The van der Waals surface area contributed by atoms with Crippen molar-refractivity contribution in [3.05, 3.63) is 99.0 Å². The van der Waals surface area contributed by atoms with Gasteiger partial charge in [-0.05, 0) is 59.7 Å². The van der Waals surface area contributed by atoms with E-state index in [2.05, 4.69) is 31.8 Å². The van der Waals surface area contributed by atoms with Crippen molar-refractivity contribution in [3.63, 3.8) is 0 Å². The first-order chi connectivity index (χ1) is 20.3. The second-order valence-electron chi connectivity index (χ2n) is 9.68. The van der Waals surface area contributed by atoms with Gasteiger partial charge in [0, 0.05) is 36.0 Å². The maximum atomic E-state index is 13.5. The number of rotatable bonds is 11. The first-order valence-electron chi connectivity index (χ1n) is 12.9. The highest BCUT2D eigenvalue weighted by molar-refractivity contribution is 9.10. The molecule has 1 aliphatic heterocycles. The third-order valence-corrected chi connectivity index (χ3v) is 7.21. The quantitative estimate of drug-likeness (QED) is 0.135. The molecule has 3 N–H and O–H groups in total. The summed E-state index contributed by atoms with van der Waals surface area (Å²) < 4.78 is 91.5. The highest BCUT2D eigenvalue weighted by Gasteiger charge is 2.45. The number of carbonyl (C=O) groups excluding carboxylic acids is 1. The van der Waals surface area contributed by atoms with Crippen LogP contribution in [0.25, 0.3) is 0 Å². The Labute approximate surface area is 251 Å². The van der Waals surface area contributed by atoms with Crippen LogP contribution in [0, 0.1) is 0 Å². The van der Waals surface area contributed by atoms with E-state index in [1.54, 1.807) is 48.5 Å². The number of hydrogen-bond acceptors (Lipinski definition) is 6. The summed E-state index contributed by atoms with van der Waals surface area (Å²) in [6.45, 7) is -0.395. The van der Waals surface area contributed by atoms with Crippen molar-refractivity contribution in [1.82, 2.24) is 10.9 Å². The zero-order chi connectivity index (χ0) is 31.3. The van der Waals surface area contributed by atoms with E-state index in [0.717, 1.165) is 0 Å². The van der Waals surface area contributed by atoms with Crippen molar-refractivity contribution in [3.8, 4) is 5.75 Å². The van der Waals surface area contributed by atoms with E-state index >= 15 is 0 Å². The number of nitrogens with zero attached hydrogens (tertiary/aromatic N) is 1. The molecular weight excluding hydrogens is 648 g/mol. The summed E-state index contributed by atoms with van der Waals surface area (Å²) in [5.74, 6) is 0.0162. The van der Waals surface area contributed by atoms with Crippen LogP contribution in [0.3, 0.4) is 0 Å². The maximum Gasteiger partial charge on any atom is 0.416 e. The van der Waals surface area contributed by atoms with Crippen LogP contribution in [0.4, 0.5) is 26.3 Å². The first-order valence-corrected chi connectivity index (χ1v) is 13.7. The molecule has 0 bridgehead atoms. The second kappa shape index (κ2) is 13.3. The normalized spacial score (nSPS) is 16.9. The number of aliphatic hydroxyl groups excluding tert-OH is 1. The Bertz CT molecular complexity index is 1430. The van der Waals surface area contributed by atoms with Gasteiger partial charge >= 0.3 is 12.4 Å². The molecule has 43 heavy (non-hydrogen) atoms. The van der Waals surface area contributed by atoms with Crippen molar-refractivity contribution < 1.29 is 45.7 Å². The van der Waals surface area contributed by atoms with Gasteiger partial charge in [-0.15, -0.1) is 0 Å². The molecule has 0 unspecified atom stereocenters. The van der Waals surface area contributed by atoms with Gasteiger partial charge < -0.3 is 14.6 Å². The maximum absolute atomic E-state index is 13.5. The van der Waals surface area contributed by atoms with Crippen LogP contribution in [0.2, 0.25) is 0 Å². The SMILES string of the molecule is O=C(NNCc1cc(C(F)(F)F)cc(C(F)(F)F)c1)[C@]1(Cc2ccccc2Br)COC(c2ccc(OCCCO)cc2)=N1. The first kappa shape index (κ1) is 32.3. The van der Waals surface area contributed by atoms with Crippen molar-refractivity contribution in [2.75, 3.05) is 19.8 Å². The highest BCUT2D eigenvalue weighted by Crippen LogP contribution is 2.36. The fourth-order valence-corrected chi connectivity index (χ4v) is 4.68. The Morgan fingerprint density at radius 1 is 1.00 bits per heavy atom. The number of benzene rings is 3. The number of hydrazine groups is 1. The lowest BCUT2D eigenvalue weighted by Crippen LogP contribution is -2.52. The molecule has 0 saturated carbocycles. The molecule has 0 saturated heterocycles. The van der Waals surface area contributed by atoms with E-state index < -0.39 is 41.5 Å². The van der Waals surface area contributed by atoms with Gasteiger partial charge in [-0.2, -0.15) is 26.3 Å². The lowest BCUT2D eigenvalue weighted by molar-refractivity contribution is -0.143. The summed E-state index contributed by atoms with van der Waals surface area (Å²) in [5, 5.41) is 8.91. The van der Waals surface area contributed by atoms with Crippen molar-refractivity contribution in [1.29, 1.82) is 0 Å². The van der Waals surface area contributed by atoms with Gasteiger partial charge in [0.15, 0.2) is 5.54 Å². The number of carbonyl (C=O) groups is 1. The Hall–Kier alpha value is -3.62. The van der Waals surface area contributed by atoms with Gasteiger partial charge in [0.25, 0.3) is 5.91 Å². The standard InChI is InChI=1S/C29H26BrF6N3O4/c30-24-5-2-1-4-20(24)15-27(17-43-25(38-27)19-6-8-23(9-7-19)42-11-3-10-40)26(41)39-37-16-18-12-21(28(31,32)33)14-22(13-18)29(34,35)36/h1-2,4-9,12-14,37,40H,3,10-11,15-17H2,(H,39,41)/t27-/m0/s1. The van der Waals surface area contributed by atoms with Crippen LogP contribution in [-0.4, -0.2) is 42.3 Å². The molecule has 4 rings (SSSR count). The van der Waals surface area contributed by atoms with Gasteiger partial charge in [-0.3, -0.25) is 10.2 Å². The fourth-order valence-electron chi connectivity index (χ4n) is 4.25. The van der Waals surface area contributed by atoms with E-state index in [9.17, 15) is 31.1 Å². The van der Waals surface area contributed by atoms with Crippen LogP contribution < -0.4 is 15.6 Å². The molecule has 1 aliphatic rings. The van der Waals surface area contributed by atoms with Gasteiger partial charge in [0.2, 0.25) is 5.90 Å². The number of nitrogens with one attached hydrogen (secondary N) is 2. The van der Waals surface area contributed by atoms with E-state index in [-0.39, 0.29) is 37.2 Å². The van der Waals surface area contributed by atoms with Crippen LogP contribution in [-0.2, 0) is 34.8 Å². The van der Waals surface area contributed by atoms with Crippen LogP contribution in [0.1, 0.15) is 34.2 Å². The summed E-state index contributed by atoms with van der Waals surface area (Å²) in [6, 6.07) is 15.0. The van der Waals surface area contributed by atoms with Crippen LogP contribution in [0.5, 0.6) is 5.75 Å². The van der Waals surface area contributed by atoms with Gasteiger partial charge in [0.05, 0.1) is 17.7 Å². The van der Waals surface area contributed by atoms with Gasteiger partial charge in [0.1, 0.15) is 12.4 Å². The smallest absolute Gasteiger partial charge is 0.416 e. The summed E-state index contributed by atoms with van der Waals surface area (Å²) >= 11 is 3.45. The average molecular weight is 674 g/mol. The molecule has 0 radical (unpaired) electrons. The van der Waals surface area contributed by atoms with Crippen molar-refractivity contribution in [2.45, 2.75) is 37.3 Å². The third kappa shape index (κ3) is 8.27. The predicted molar refractivity (Wildman–Crippen MR) is 148 cm³/mol. The topological polar surface area (TPSA) is 92.2 Å². The molecule has 1 atom stereocenters. The molecule has 14 heteroatoms. The lowest BCUT2D eigenvalue weighted by atomic mass is 9.91. The second-order valence-corrected chi connectivity index (χ2v) is 10.5. The highest BCUT2D eigenvalue weighted by atomic mass is 79.9. The van der Waals surface area contributed by atoms with E-state index in [4.69, 9.17) is 14.6 Å². The molecule has 0 aromatic heterocycles. The molecule has 3 aromatic carbocycles. The molecule has 0 fully saturated rings. The molecule has 0 aliphatic carbocycles. The Morgan fingerprint density at radius 3 is 2.26 bits per heavy atom. The lowest BCUT2D eigenvalue weighted by Gasteiger charge is -2.24. The molecular formula is C29H26BrF6N3O4. The minimum absolute atomic E-state index is 0.00615. The van der Waals surface area contributed by atoms with E-state index in [1.807, 2.05) is 0 Å². The number of hydrogen-bond donors (Lipinski definition) is 3. The number of ether oxygens (including phenoxy) is 2. The summed E-state index contributed by atoms with van der Waals surface area (Å²) in [7, 11) is 0. The molecule has 0 spiro atoms. The van der Waals surface area contributed by atoms with Gasteiger partial charge in [-0.1, -0.05) is 34.1 Å². The molecule has 1 heterocycles.